The molecule has 3 rings (SSSR count). The first-order chi connectivity index (χ1) is 12.1. The van der Waals surface area contributed by atoms with Gasteiger partial charge in [-0.05, 0) is 67.6 Å². The van der Waals surface area contributed by atoms with Gasteiger partial charge in [-0.25, -0.2) is 0 Å². The fraction of sp³-hybridized carbons (Fsp3) is 0.350. The zero-order valence-electron chi connectivity index (χ0n) is 14.1. The number of amides is 1. The number of piperidine rings is 1. The molecule has 1 aliphatic heterocycles. The van der Waals surface area contributed by atoms with E-state index in [4.69, 9.17) is 23.2 Å². The van der Waals surface area contributed by atoms with Gasteiger partial charge in [-0.1, -0.05) is 29.3 Å². The Bertz CT molecular complexity index is 725. The third kappa shape index (κ3) is 5.13. The lowest BCUT2D eigenvalue weighted by Gasteiger charge is -2.28. The van der Waals surface area contributed by atoms with Crippen LogP contribution in [0.5, 0.6) is 0 Å². The Morgan fingerprint density at radius 1 is 1.00 bits per heavy atom. The van der Waals surface area contributed by atoms with Crippen LogP contribution in [0.3, 0.4) is 0 Å². The van der Waals surface area contributed by atoms with Crippen molar-refractivity contribution < 1.29 is 4.79 Å². The maximum Gasteiger partial charge on any atom is 0.224 e. The lowest BCUT2D eigenvalue weighted by atomic mass is 10.1. The molecule has 1 N–H and O–H groups in total. The average molecular weight is 377 g/mol. The average Bonchev–Trinajstić information content (AvgIpc) is 2.62. The van der Waals surface area contributed by atoms with Crippen molar-refractivity contribution in [3.8, 4) is 0 Å². The molecule has 0 saturated carbocycles. The number of aryl methyl sites for hydroxylation is 1. The van der Waals surface area contributed by atoms with E-state index in [0.717, 1.165) is 24.3 Å². The molecule has 1 aliphatic rings. The van der Waals surface area contributed by atoms with Crippen LogP contribution in [0.25, 0.3) is 0 Å². The van der Waals surface area contributed by atoms with Gasteiger partial charge < -0.3 is 10.2 Å². The summed E-state index contributed by atoms with van der Waals surface area (Å²) >= 11 is 12.0. The summed E-state index contributed by atoms with van der Waals surface area (Å²) in [4.78, 5) is 14.6. The van der Waals surface area contributed by atoms with Crippen LogP contribution in [0.4, 0.5) is 11.4 Å². The van der Waals surface area contributed by atoms with Crippen molar-refractivity contribution in [2.24, 2.45) is 0 Å². The molecule has 0 aliphatic carbocycles. The third-order valence-corrected chi connectivity index (χ3v) is 5.10. The number of nitrogens with zero attached hydrogens (tertiary/aromatic N) is 1. The van der Waals surface area contributed by atoms with Crippen molar-refractivity contribution in [2.75, 3.05) is 23.3 Å². The molecule has 2 aromatic carbocycles. The van der Waals surface area contributed by atoms with E-state index in [0.29, 0.717) is 22.9 Å². The van der Waals surface area contributed by atoms with Gasteiger partial charge in [-0.15, -0.1) is 0 Å². The second-order valence-electron chi connectivity index (χ2n) is 6.38. The first kappa shape index (κ1) is 18.1. The van der Waals surface area contributed by atoms with E-state index in [1.165, 1.54) is 24.9 Å². The second kappa shape index (κ2) is 8.59. The van der Waals surface area contributed by atoms with E-state index in [1.54, 1.807) is 12.1 Å². The minimum atomic E-state index is -0.0169. The van der Waals surface area contributed by atoms with E-state index < -0.39 is 0 Å². The number of benzene rings is 2. The molecule has 0 unspecified atom stereocenters. The SMILES string of the molecule is O=C(CCc1ccc(Cl)cc1Cl)Nc1ccc(N2CCCCC2)cc1. The molecule has 1 amide bonds. The van der Waals surface area contributed by atoms with Crippen LogP contribution in [-0.4, -0.2) is 19.0 Å². The predicted molar refractivity (Wildman–Crippen MR) is 106 cm³/mol. The van der Waals surface area contributed by atoms with Crippen LogP contribution in [-0.2, 0) is 11.2 Å². The third-order valence-electron chi connectivity index (χ3n) is 4.51. The first-order valence-electron chi connectivity index (χ1n) is 8.70. The molecule has 25 heavy (non-hydrogen) atoms. The van der Waals surface area contributed by atoms with Crippen LogP contribution < -0.4 is 10.2 Å². The van der Waals surface area contributed by atoms with Gasteiger partial charge in [0.25, 0.3) is 0 Å². The van der Waals surface area contributed by atoms with Crippen LogP contribution in [0.15, 0.2) is 42.5 Å². The molecule has 0 aromatic heterocycles. The summed E-state index contributed by atoms with van der Waals surface area (Å²) in [5, 5.41) is 4.15. The highest BCUT2D eigenvalue weighted by Gasteiger charge is 2.11. The molecule has 0 radical (unpaired) electrons. The smallest absolute Gasteiger partial charge is 0.224 e. The lowest BCUT2D eigenvalue weighted by molar-refractivity contribution is -0.116. The number of halogens is 2. The van der Waals surface area contributed by atoms with E-state index in [-0.39, 0.29) is 5.91 Å². The lowest BCUT2D eigenvalue weighted by Crippen LogP contribution is -2.29. The van der Waals surface area contributed by atoms with E-state index in [2.05, 4.69) is 22.3 Å². The zero-order valence-corrected chi connectivity index (χ0v) is 15.6. The van der Waals surface area contributed by atoms with Gasteiger partial charge in [0.2, 0.25) is 5.91 Å². The normalized spacial score (nSPS) is 14.4. The fourth-order valence-corrected chi connectivity index (χ4v) is 3.61. The molecule has 5 heteroatoms. The monoisotopic (exact) mass is 376 g/mol. The van der Waals surface area contributed by atoms with Crippen LogP contribution in [0, 0.1) is 0 Å². The van der Waals surface area contributed by atoms with E-state index in [9.17, 15) is 4.79 Å². The molecule has 0 spiro atoms. The Kier molecular flexibility index (Phi) is 6.22. The van der Waals surface area contributed by atoms with Crippen molar-refractivity contribution in [3.05, 3.63) is 58.1 Å². The Hall–Kier alpha value is -1.71. The van der Waals surface area contributed by atoms with Gasteiger partial charge in [-0.2, -0.15) is 0 Å². The number of nitrogens with one attached hydrogen (secondary N) is 1. The van der Waals surface area contributed by atoms with Crippen molar-refractivity contribution >= 4 is 40.5 Å². The summed E-state index contributed by atoms with van der Waals surface area (Å²) in [6, 6.07) is 13.5. The van der Waals surface area contributed by atoms with Crippen LogP contribution in [0.2, 0.25) is 10.0 Å². The highest BCUT2D eigenvalue weighted by molar-refractivity contribution is 6.35. The number of hydrogen-bond donors (Lipinski definition) is 1. The topological polar surface area (TPSA) is 32.3 Å². The van der Waals surface area contributed by atoms with E-state index >= 15 is 0 Å². The summed E-state index contributed by atoms with van der Waals surface area (Å²) in [6.07, 6.45) is 4.81. The maximum atomic E-state index is 12.2. The second-order valence-corrected chi connectivity index (χ2v) is 7.22. The standard InChI is InChI=1S/C20H22Cl2N2O/c21-16-6-4-15(19(22)14-16)5-11-20(25)23-17-7-9-18(10-8-17)24-12-2-1-3-13-24/h4,6-10,14H,1-3,5,11-13H2,(H,23,25). The highest BCUT2D eigenvalue weighted by Crippen LogP contribution is 2.23. The number of carbonyl (C=O) groups is 1. The van der Waals surface area contributed by atoms with Crippen molar-refractivity contribution in [2.45, 2.75) is 32.1 Å². The Balaban J connectivity index is 1.52. The summed E-state index contributed by atoms with van der Waals surface area (Å²) < 4.78 is 0. The summed E-state index contributed by atoms with van der Waals surface area (Å²) in [6.45, 7) is 2.24. The molecule has 0 bridgehead atoms. The molecule has 3 nitrogen and oxygen atoms in total. The van der Waals surface area contributed by atoms with Crippen molar-refractivity contribution in [1.29, 1.82) is 0 Å². The van der Waals surface area contributed by atoms with Gasteiger partial charge in [0, 0.05) is 40.9 Å². The largest absolute Gasteiger partial charge is 0.372 e. The Morgan fingerprint density at radius 3 is 2.40 bits per heavy atom. The van der Waals surface area contributed by atoms with Gasteiger partial charge in [0.1, 0.15) is 0 Å². The van der Waals surface area contributed by atoms with Gasteiger partial charge in [0.05, 0.1) is 0 Å². The zero-order chi connectivity index (χ0) is 17.6. The number of rotatable bonds is 5. The van der Waals surface area contributed by atoms with Gasteiger partial charge in [0.15, 0.2) is 0 Å². The minimum Gasteiger partial charge on any atom is -0.372 e. The van der Waals surface area contributed by atoms with Crippen LogP contribution >= 0.6 is 23.2 Å². The minimum absolute atomic E-state index is 0.0169. The quantitative estimate of drug-likeness (QED) is 0.740. The molecule has 1 fully saturated rings. The molecular weight excluding hydrogens is 355 g/mol. The molecule has 1 heterocycles. The fourth-order valence-electron chi connectivity index (χ4n) is 3.10. The molecule has 2 aromatic rings. The first-order valence-corrected chi connectivity index (χ1v) is 9.46. The predicted octanol–water partition coefficient (Wildman–Crippen LogP) is 5.56. The molecule has 1 saturated heterocycles. The molecule has 0 atom stereocenters. The van der Waals surface area contributed by atoms with Gasteiger partial charge >= 0.3 is 0 Å². The molecular formula is C20H22Cl2N2O. The summed E-state index contributed by atoms with van der Waals surface area (Å²) in [5.74, 6) is -0.0169. The summed E-state index contributed by atoms with van der Waals surface area (Å²) in [5.41, 5.74) is 2.99. The molecule has 132 valence electrons. The van der Waals surface area contributed by atoms with Crippen LogP contribution in [0.1, 0.15) is 31.2 Å². The highest BCUT2D eigenvalue weighted by atomic mass is 35.5. The number of hydrogen-bond acceptors (Lipinski definition) is 2. The Morgan fingerprint density at radius 2 is 1.72 bits per heavy atom. The Labute approximate surface area is 158 Å². The number of carbonyl (C=O) groups excluding carboxylic acids is 1. The van der Waals surface area contributed by atoms with Gasteiger partial charge in [-0.3, -0.25) is 4.79 Å². The maximum absolute atomic E-state index is 12.2. The number of anilines is 2. The summed E-state index contributed by atoms with van der Waals surface area (Å²) in [7, 11) is 0. The van der Waals surface area contributed by atoms with Crippen molar-refractivity contribution in [1.82, 2.24) is 0 Å². The van der Waals surface area contributed by atoms with E-state index in [1.807, 2.05) is 18.2 Å². The van der Waals surface area contributed by atoms with Crippen molar-refractivity contribution in [3.63, 3.8) is 0 Å².